The summed E-state index contributed by atoms with van der Waals surface area (Å²) in [5, 5.41) is 11.4. The average molecular weight is 230 g/mol. The topological polar surface area (TPSA) is 45.9 Å². The summed E-state index contributed by atoms with van der Waals surface area (Å²) in [5.41, 5.74) is 1.85. The molecule has 0 aliphatic heterocycles. The summed E-state index contributed by atoms with van der Waals surface area (Å²) in [5.74, 6) is 0.814. The molecule has 0 saturated carbocycles. The van der Waals surface area contributed by atoms with Gasteiger partial charge in [-0.1, -0.05) is 12.1 Å². The first-order valence-electron chi connectivity index (χ1n) is 4.79. The first-order chi connectivity index (χ1) is 7.83. The predicted molar refractivity (Wildman–Crippen MR) is 63.4 cm³/mol. The SMILES string of the molecule is COc1cccc(-c2nc(CC#N)cs2)c1. The molecule has 0 bridgehead atoms. The van der Waals surface area contributed by atoms with Crippen molar-refractivity contribution < 1.29 is 4.74 Å². The number of nitriles is 1. The standard InChI is InChI=1S/C12H10N2OS/c1-15-11-4-2-3-9(7-11)12-14-10(5-6-13)8-16-12/h2-4,7-8H,5H2,1H3. The highest BCUT2D eigenvalue weighted by Crippen LogP contribution is 2.26. The summed E-state index contributed by atoms with van der Waals surface area (Å²) in [4.78, 5) is 4.39. The molecule has 0 aliphatic carbocycles. The van der Waals surface area contributed by atoms with Crippen LogP contribution in [0.4, 0.5) is 0 Å². The Labute approximate surface area is 97.9 Å². The molecule has 0 saturated heterocycles. The van der Waals surface area contributed by atoms with E-state index in [0.717, 1.165) is 22.0 Å². The quantitative estimate of drug-likeness (QED) is 0.814. The maximum atomic E-state index is 8.58. The van der Waals surface area contributed by atoms with Gasteiger partial charge in [-0.15, -0.1) is 11.3 Å². The van der Waals surface area contributed by atoms with Crippen LogP contribution in [-0.4, -0.2) is 12.1 Å². The van der Waals surface area contributed by atoms with Crippen LogP contribution in [0.2, 0.25) is 0 Å². The molecule has 0 radical (unpaired) electrons. The van der Waals surface area contributed by atoms with E-state index in [2.05, 4.69) is 11.1 Å². The molecule has 2 rings (SSSR count). The number of benzene rings is 1. The second kappa shape index (κ2) is 4.77. The van der Waals surface area contributed by atoms with Crippen molar-refractivity contribution in [1.29, 1.82) is 5.26 Å². The zero-order valence-electron chi connectivity index (χ0n) is 8.80. The van der Waals surface area contributed by atoms with Gasteiger partial charge in [0.05, 0.1) is 25.3 Å². The number of ether oxygens (including phenoxy) is 1. The van der Waals surface area contributed by atoms with Crippen LogP contribution in [0.5, 0.6) is 5.75 Å². The third-order valence-corrected chi connectivity index (χ3v) is 3.07. The number of rotatable bonds is 3. The lowest BCUT2D eigenvalue weighted by molar-refractivity contribution is 0.415. The Kier molecular flexibility index (Phi) is 3.18. The largest absolute Gasteiger partial charge is 0.497 e. The minimum atomic E-state index is 0.362. The second-order valence-electron chi connectivity index (χ2n) is 3.21. The van der Waals surface area contributed by atoms with Gasteiger partial charge >= 0.3 is 0 Å². The zero-order valence-corrected chi connectivity index (χ0v) is 9.62. The molecule has 0 unspecified atom stereocenters. The fourth-order valence-corrected chi connectivity index (χ4v) is 2.17. The molecule has 0 amide bonds. The van der Waals surface area contributed by atoms with Crippen LogP contribution in [-0.2, 0) is 6.42 Å². The smallest absolute Gasteiger partial charge is 0.123 e. The fraction of sp³-hybridized carbons (Fsp3) is 0.167. The number of methoxy groups -OCH3 is 1. The summed E-state index contributed by atoms with van der Waals surface area (Å²) < 4.78 is 5.16. The third-order valence-electron chi connectivity index (χ3n) is 2.13. The van der Waals surface area contributed by atoms with Crippen molar-refractivity contribution in [2.24, 2.45) is 0 Å². The van der Waals surface area contributed by atoms with E-state index in [1.54, 1.807) is 18.4 Å². The monoisotopic (exact) mass is 230 g/mol. The van der Waals surface area contributed by atoms with Gasteiger partial charge in [-0.25, -0.2) is 4.98 Å². The molecule has 16 heavy (non-hydrogen) atoms. The highest BCUT2D eigenvalue weighted by molar-refractivity contribution is 7.13. The van der Waals surface area contributed by atoms with Gasteiger partial charge in [0.1, 0.15) is 10.8 Å². The molecule has 80 valence electrons. The Bertz CT molecular complexity index is 528. The number of hydrogen-bond acceptors (Lipinski definition) is 4. The highest BCUT2D eigenvalue weighted by atomic mass is 32.1. The summed E-state index contributed by atoms with van der Waals surface area (Å²) in [6.07, 6.45) is 0.362. The number of hydrogen-bond donors (Lipinski definition) is 0. The van der Waals surface area contributed by atoms with Crippen LogP contribution in [0.3, 0.4) is 0 Å². The Hall–Kier alpha value is -1.86. The van der Waals surface area contributed by atoms with Crippen LogP contribution in [0, 0.1) is 11.3 Å². The summed E-state index contributed by atoms with van der Waals surface area (Å²) in [6, 6.07) is 9.84. The van der Waals surface area contributed by atoms with Crippen molar-refractivity contribution in [3.05, 3.63) is 35.3 Å². The van der Waals surface area contributed by atoms with Crippen LogP contribution in [0.15, 0.2) is 29.6 Å². The second-order valence-corrected chi connectivity index (χ2v) is 4.07. The zero-order chi connectivity index (χ0) is 11.4. The van der Waals surface area contributed by atoms with E-state index in [1.165, 1.54) is 0 Å². The Morgan fingerprint density at radius 3 is 3.12 bits per heavy atom. The van der Waals surface area contributed by atoms with Gasteiger partial charge in [0.15, 0.2) is 0 Å². The lowest BCUT2D eigenvalue weighted by Gasteiger charge is -2.00. The minimum Gasteiger partial charge on any atom is -0.497 e. The average Bonchev–Trinajstić information content (AvgIpc) is 2.78. The van der Waals surface area contributed by atoms with Crippen molar-refractivity contribution in [1.82, 2.24) is 4.98 Å². The van der Waals surface area contributed by atoms with Crippen molar-refractivity contribution in [2.75, 3.05) is 7.11 Å². The number of nitrogens with zero attached hydrogens (tertiary/aromatic N) is 2. The van der Waals surface area contributed by atoms with Crippen molar-refractivity contribution in [3.8, 4) is 22.4 Å². The Morgan fingerprint density at radius 1 is 1.50 bits per heavy atom. The lowest BCUT2D eigenvalue weighted by atomic mass is 10.2. The van der Waals surface area contributed by atoms with Crippen LogP contribution < -0.4 is 4.74 Å². The summed E-state index contributed by atoms with van der Waals surface area (Å²) >= 11 is 1.54. The normalized spacial score (nSPS) is 9.75. The number of aromatic nitrogens is 1. The Morgan fingerprint density at radius 2 is 2.38 bits per heavy atom. The summed E-state index contributed by atoms with van der Waals surface area (Å²) in [7, 11) is 1.64. The number of thiazole rings is 1. The molecular formula is C12H10N2OS. The maximum absolute atomic E-state index is 8.58. The molecule has 1 aromatic carbocycles. The minimum absolute atomic E-state index is 0.362. The molecule has 3 nitrogen and oxygen atoms in total. The maximum Gasteiger partial charge on any atom is 0.123 e. The van der Waals surface area contributed by atoms with E-state index in [9.17, 15) is 0 Å². The molecule has 2 aromatic rings. The summed E-state index contributed by atoms with van der Waals surface area (Å²) in [6.45, 7) is 0. The van der Waals surface area contributed by atoms with Gasteiger partial charge in [-0.2, -0.15) is 5.26 Å². The van der Waals surface area contributed by atoms with Gasteiger partial charge < -0.3 is 4.74 Å². The molecule has 0 aliphatic rings. The Balaban J connectivity index is 2.31. The molecule has 1 heterocycles. The van der Waals surface area contributed by atoms with Gasteiger partial charge in [0, 0.05) is 10.9 Å². The first kappa shape index (κ1) is 10.7. The van der Waals surface area contributed by atoms with E-state index < -0.39 is 0 Å². The molecule has 0 spiro atoms. The van der Waals surface area contributed by atoms with E-state index in [1.807, 2.05) is 29.6 Å². The van der Waals surface area contributed by atoms with Gasteiger partial charge in [-0.3, -0.25) is 0 Å². The van der Waals surface area contributed by atoms with E-state index >= 15 is 0 Å². The molecule has 0 N–H and O–H groups in total. The van der Waals surface area contributed by atoms with Crippen LogP contribution >= 0.6 is 11.3 Å². The van der Waals surface area contributed by atoms with Crippen molar-refractivity contribution in [3.63, 3.8) is 0 Å². The molecule has 0 fully saturated rings. The lowest BCUT2D eigenvalue weighted by Crippen LogP contribution is -1.84. The van der Waals surface area contributed by atoms with Crippen LogP contribution in [0.1, 0.15) is 5.69 Å². The van der Waals surface area contributed by atoms with E-state index in [0.29, 0.717) is 6.42 Å². The van der Waals surface area contributed by atoms with Gasteiger partial charge in [0.25, 0.3) is 0 Å². The highest BCUT2D eigenvalue weighted by Gasteiger charge is 2.05. The van der Waals surface area contributed by atoms with Gasteiger partial charge in [0.2, 0.25) is 0 Å². The van der Waals surface area contributed by atoms with Crippen molar-refractivity contribution in [2.45, 2.75) is 6.42 Å². The van der Waals surface area contributed by atoms with E-state index in [-0.39, 0.29) is 0 Å². The molecular weight excluding hydrogens is 220 g/mol. The van der Waals surface area contributed by atoms with Gasteiger partial charge in [-0.05, 0) is 12.1 Å². The molecule has 1 aromatic heterocycles. The molecule has 0 atom stereocenters. The van der Waals surface area contributed by atoms with Crippen LogP contribution in [0.25, 0.3) is 10.6 Å². The van der Waals surface area contributed by atoms with E-state index in [4.69, 9.17) is 10.00 Å². The first-order valence-corrected chi connectivity index (χ1v) is 5.67. The predicted octanol–water partition coefficient (Wildman–Crippen LogP) is 2.88. The molecule has 4 heteroatoms. The van der Waals surface area contributed by atoms with Crippen molar-refractivity contribution >= 4 is 11.3 Å². The third kappa shape index (κ3) is 2.20. The fourth-order valence-electron chi connectivity index (χ4n) is 1.36.